The number of aromatic nitrogens is 2. The van der Waals surface area contributed by atoms with Gasteiger partial charge >= 0.3 is 0 Å². The third-order valence-corrected chi connectivity index (χ3v) is 4.39. The molecule has 0 amide bonds. The van der Waals surface area contributed by atoms with Gasteiger partial charge in [-0.25, -0.2) is 4.98 Å². The summed E-state index contributed by atoms with van der Waals surface area (Å²) in [5.41, 5.74) is 2.60. The smallest absolute Gasteiger partial charge is 0.263 e. The van der Waals surface area contributed by atoms with Gasteiger partial charge in [-0.1, -0.05) is 6.07 Å². The molecule has 0 spiro atoms. The van der Waals surface area contributed by atoms with Crippen molar-refractivity contribution in [1.82, 2.24) is 9.55 Å². The zero-order valence-electron chi connectivity index (χ0n) is 12.2. The Kier molecular flexibility index (Phi) is 3.65. The van der Waals surface area contributed by atoms with Crippen LogP contribution < -0.4 is 10.3 Å². The molecule has 0 fully saturated rings. The highest BCUT2D eigenvalue weighted by atomic mass is 32.1. The number of benzene rings is 1. The van der Waals surface area contributed by atoms with Crippen LogP contribution in [0.2, 0.25) is 0 Å². The van der Waals surface area contributed by atoms with Gasteiger partial charge in [0.15, 0.2) is 0 Å². The summed E-state index contributed by atoms with van der Waals surface area (Å²) in [5, 5.41) is 11.3. The van der Waals surface area contributed by atoms with Crippen LogP contribution in [-0.4, -0.2) is 16.7 Å². The maximum absolute atomic E-state index is 12.5. The monoisotopic (exact) mass is 311 g/mol. The summed E-state index contributed by atoms with van der Waals surface area (Å²) >= 11 is 1.43. The lowest BCUT2D eigenvalue weighted by molar-refractivity contribution is 0.412. The Morgan fingerprint density at radius 1 is 1.45 bits per heavy atom. The van der Waals surface area contributed by atoms with Crippen molar-refractivity contribution >= 4 is 21.6 Å². The van der Waals surface area contributed by atoms with Crippen molar-refractivity contribution in [3.05, 3.63) is 45.8 Å². The van der Waals surface area contributed by atoms with Gasteiger partial charge in [-0.2, -0.15) is 5.26 Å². The summed E-state index contributed by atoms with van der Waals surface area (Å²) in [6.07, 6.45) is 1.42. The number of rotatable bonds is 3. The maximum Gasteiger partial charge on any atom is 0.263 e. The predicted octanol–water partition coefficient (Wildman–Crippen LogP) is 2.97. The van der Waals surface area contributed by atoms with E-state index in [1.54, 1.807) is 7.11 Å². The Labute approximate surface area is 131 Å². The molecule has 0 radical (unpaired) electrons. The van der Waals surface area contributed by atoms with Gasteiger partial charge in [-0.15, -0.1) is 11.3 Å². The van der Waals surface area contributed by atoms with Crippen molar-refractivity contribution in [3.63, 3.8) is 0 Å². The van der Waals surface area contributed by atoms with Gasteiger partial charge in [0, 0.05) is 10.9 Å². The molecule has 0 atom stereocenters. The minimum Gasteiger partial charge on any atom is -0.496 e. The average Bonchev–Trinajstić information content (AvgIpc) is 2.95. The molecule has 3 aromatic rings. The fourth-order valence-electron chi connectivity index (χ4n) is 2.41. The second kappa shape index (κ2) is 5.62. The van der Waals surface area contributed by atoms with Crippen LogP contribution in [0.15, 0.2) is 34.7 Å². The van der Waals surface area contributed by atoms with Crippen LogP contribution in [0.1, 0.15) is 5.56 Å². The highest BCUT2D eigenvalue weighted by Gasteiger charge is 2.14. The van der Waals surface area contributed by atoms with E-state index in [1.165, 1.54) is 22.2 Å². The first-order chi connectivity index (χ1) is 10.7. The van der Waals surface area contributed by atoms with Crippen molar-refractivity contribution in [2.75, 3.05) is 7.11 Å². The number of ether oxygens (including phenoxy) is 1. The number of thiophene rings is 1. The minimum absolute atomic E-state index is 0.00129. The molecule has 0 aliphatic carbocycles. The van der Waals surface area contributed by atoms with Crippen LogP contribution in [0.5, 0.6) is 5.75 Å². The first-order valence-electron chi connectivity index (χ1n) is 6.64. The third-order valence-electron chi connectivity index (χ3n) is 3.51. The number of nitriles is 1. The van der Waals surface area contributed by atoms with Gasteiger partial charge in [-0.3, -0.25) is 9.36 Å². The maximum atomic E-state index is 12.5. The Bertz CT molecular complexity index is 950. The molecular formula is C16H13N3O2S. The molecule has 2 aromatic heterocycles. The lowest BCUT2D eigenvalue weighted by atomic mass is 10.0. The van der Waals surface area contributed by atoms with Gasteiger partial charge in [-0.05, 0) is 30.2 Å². The van der Waals surface area contributed by atoms with E-state index < -0.39 is 0 Å². The fourth-order valence-corrected chi connectivity index (χ4v) is 3.32. The molecule has 0 aliphatic rings. The Morgan fingerprint density at radius 3 is 2.95 bits per heavy atom. The van der Waals surface area contributed by atoms with Crippen molar-refractivity contribution in [3.8, 4) is 22.9 Å². The van der Waals surface area contributed by atoms with Crippen molar-refractivity contribution in [2.24, 2.45) is 0 Å². The molecule has 0 bridgehead atoms. The van der Waals surface area contributed by atoms with Crippen LogP contribution >= 0.6 is 11.3 Å². The van der Waals surface area contributed by atoms with Crippen LogP contribution in [0.25, 0.3) is 21.3 Å². The number of fused-ring (bicyclic) bond motifs is 1. The highest BCUT2D eigenvalue weighted by molar-refractivity contribution is 7.17. The first-order valence-corrected chi connectivity index (χ1v) is 7.52. The van der Waals surface area contributed by atoms with E-state index in [0.717, 1.165) is 22.4 Å². The topological polar surface area (TPSA) is 67.9 Å². The van der Waals surface area contributed by atoms with E-state index in [4.69, 9.17) is 10.00 Å². The van der Waals surface area contributed by atoms with E-state index >= 15 is 0 Å². The van der Waals surface area contributed by atoms with Gasteiger partial charge in [0.05, 0.1) is 18.6 Å². The lowest BCUT2D eigenvalue weighted by Crippen LogP contribution is -2.19. The third kappa shape index (κ3) is 2.26. The fraction of sp³-hybridized carbons (Fsp3) is 0.188. The standard InChI is InChI=1S/C16H13N3O2S/c1-10-7-11(3-4-13(10)21-2)12-8-22-15-14(12)16(20)19(6-5-17)9-18-15/h3-4,7-9H,6H2,1-2H3. The van der Waals surface area contributed by atoms with Crippen LogP contribution in [0, 0.1) is 18.3 Å². The molecule has 0 aliphatic heterocycles. The number of methoxy groups -OCH3 is 1. The van der Waals surface area contributed by atoms with Gasteiger partial charge in [0.25, 0.3) is 5.56 Å². The molecular weight excluding hydrogens is 298 g/mol. The van der Waals surface area contributed by atoms with Gasteiger partial charge in [0.1, 0.15) is 23.5 Å². The molecule has 1 aromatic carbocycles. The molecule has 0 N–H and O–H groups in total. The summed E-state index contributed by atoms with van der Waals surface area (Å²) < 4.78 is 6.60. The molecule has 0 saturated heterocycles. The zero-order valence-corrected chi connectivity index (χ0v) is 13.0. The summed E-state index contributed by atoms with van der Waals surface area (Å²) in [4.78, 5) is 17.5. The van der Waals surface area contributed by atoms with Crippen LogP contribution in [0.3, 0.4) is 0 Å². The van der Waals surface area contributed by atoms with Gasteiger partial charge < -0.3 is 4.74 Å². The van der Waals surface area contributed by atoms with Crippen LogP contribution in [-0.2, 0) is 6.54 Å². The molecule has 5 nitrogen and oxygen atoms in total. The minimum atomic E-state index is -0.184. The summed E-state index contributed by atoms with van der Waals surface area (Å²) in [5.74, 6) is 0.809. The van der Waals surface area contributed by atoms with E-state index in [9.17, 15) is 4.79 Å². The first kappa shape index (κ1) is 14.3. The highest BCUT2D eigenvalue weighted by Crippen LogP contribution is 2.33. The normalized spacial score (nSPS) is 10.6. The van der Waals surface area contributed by atoms with Crippen molar-refractivity contribution in [2.45, 2.75) is 13.5 Å². The van der Waals surface area contributed by atoms with E-state index in [1.807, 2.05) is 36.6 Å². The summed E-state index contributed by atoms with van der Waals surface area (Å²) in [7, 11) is 1.63. The number of nitrogens with zero attached hydrogens (tertiary/aromatic N) is 3. The predicted molar refractivity (Wildman–Crippen MR) is 86.2 cm³/mol. The largest absolute Gasteiger partial charge is 0.496 e. The van der Waals surface area contributed by atoms with E-state index in [2.05, 4.69) is 4.98 Å². The average molecular weight is 311 g/mol. The van der Waals surface area contributed by atoms with E-state index in [0.29, 0.717) is 10.2 Å². The Hall–Kier alpha value is -2.65. The molecule has 22 heavy (non-hydrogen) atoms. The second-order valence-corrected chi connectivity index (χ2v) is 5.71. The van der Waals surface area contributed by atoms with Gasteiger partial charge in [0.2, 0.25) is 0 Å². The van der Waals surface area contributed by atoms with Crippen LogP contribution in [0.4, 0.5) is 0 Å². The van der Waals surface area contributed by atoms with Crippen molar-refractivity contribution < 1.29 is 4.74 Å². The molecule has 0 saturated carbocycles. The summed E-state index contributed by atoms with van der Waals surface area (Å²) in [6.45, 7) is 1.96. The quantitative estimate of drug-likeness (QED) is 0.746. The number of hydrogen-bond donors (Lipinski definition) is 0. The Balaban J connectivity index is 2.23. The summed E-state index contributed by atoms with van der Waals surface area (Å²) in [6, 6.07) is 7.77. The number of aryl methyl sites for hydroxylation is 1. The zero-order chi connectivity index (χ0) is 15.7. The molecule has 6 heteroatoms. The molecule has 0 unspecified atom stereocenters. The Morgan fingerprint density at radius 2 is 2.27 bits per heavy atom. The van der Waals surface area contributed by atoms with Crippen molar-refractivity contribution in [1.29, 1.82) is 5.26 Å². The number of hydrogen-bond acceptors (Lipinski definition) is 5. The van der Waals surface area contributed by atoms with E-state index in [-0.39, 0.29) is 12.1 Å². The molecule has 2 heterocycles. The molecule has 110 valence electrons. The lowest BCUT2D eigenvalue weighted by Gasteiger charge is -2.07. The second-order valence-electron chi connectivity index (χ2n) is 4.85. The SMILES string of the molecule is COc1ccc(-c2csc3ncn(CC#N)c(=O)c23)cc1C. The molecule has 3 rings (SSSR count).